The molecule has 0 spiro atoms. The van der Waals surface area contributed by atoms with Gasteiger partial charge in [-0.1, -0.05) is 11.6 Å². The Morgan fingerprint density at radius 3 is 2.43 bits per heavy atom. The second-order valence-electron chi connectivity index (χ2n) is 4.68. The Bertz CT molecular complexity index is 724. The van der Waals surface area contributed by atoms with Gasteiger partial charge in [0.1, 0.15) is 6.54 Å². The third-order valence-electron chi connectivity index (χ3n) is 2.88. The van der Waals surface area contributed by atoms with Crippen LogP contribution in [0.3, 0.4) is 0 Å². The fourth-order valence-electron chi connectivity index (χ4n) is 1.71. The van der Waals surface area contributed by atoms with Gasteiger partial charge in [-0.15, -0.1) is 11.3 Å². The SMILES string of the molecule is Cc1ccc(C(=O)COC(=O)CNC(=O)c2ccc(Cl)cc2)s1. The number of carbonyl (C=O) groups excluding carboxylic acids is 3. The van der Waals surface area contributed by atoms with Gasteiger partial charge in [-0.25, -0.2) is 0 Å². The molecule has 120 valence electrons. The number of carbonyl (C=O) groups is 3. The summed E-state index contributed by atoms with van der Waals surface area (Å²) >= 11 is 7.07. The molecule has 0 atom stereocenters. The number of aryl methyl sites for hydroxylation is 1. The maximum Gasteiger partial charge on any atom is 0.325 e. The summed E-state index contributed by atoms with van der Waals surface area (Å²) in [6, 6.07) is 9.77. The molecule has 0 radical (unpaired) electrons. The maximum atomic E-state index is 11.8. The molecular weight excluding hydrogens is 338 g/mol. The summed E-state index contributed by atoms with van der Waals surface area (Å²) < 4.78 is 4.86. The van der Waals surface area contributed by atoms with Crippen LogP contribution in [0.1, 0.15) is 24.9 Å². The highest BCUT2D eigenvalue weighted by Gasteiger charge is 2.13. The summed E-state index contributed by atoms with van der Waals surface area (Å²) in [4.78, 5) is 36.7. The van der Waals surface area contributed by atoms with Crippen molar-refractivity contribution in [2.45, 2.75) is 6.92 Å². The van der Waals surface area contributed by atoms with Crippen molar-refractivity contribution in [3.8, 4) is 0 Å². The van der Waals surface area contributed by atoms with Crippen LogP contribution in [0.2, 0.25) is 5.02 Å². The normalized spacial score (nSPS) is 10.2. The van der Waals surface area contributed by atoms with Crippen molar-refractivity contribution in [2.24, 2.45) is 0 Å². The summed E-state index contributed by atoms with van der Waals surface area (Å²) in [6.07, 6.45) is 0. The van der Waals surface area contributed by atoms with Gasteiger partial charge in [0.05, 0.1) is 4.88 Å². The minimum atomic E-state index is -0.672. The predicted octanol–water partition coefficient (Wildman–Crippen LogP) is 2.87. The first-order valence-electron chi connectivity index (χ1n) is 6.75. The van der Waals surface area contributed by atoms with Crippen LogP contribution in [-0.4, -0.2) is 30.8 Å². The van der Waals surface area contributed by atoms with Crippen molar-refractivity contribution in [3.05, 3.63) is 56.7 Å². The highest BCUT2D eigenvalue weighted by Crippen LogP contribution is 2.15. The van der Waals surface area contributed by atoms with Crippen LogP contribution in [0.4, 0.5) is 0 Å². The van der Waals surface area contributed by atoms with E-state index in [-0.39, 0.29) is 18.9 Å². The number of esters is 1. The van der Waals surface area contributed by atoms with Gasteiger partial charge in [0.2, 0.25) is 5.78 Å². The zero-order valence-electron chi connectivity index (χ0n) is 12.3. The zero-order valence-corrected chi connectivity index (χ0v) is 13.9. The number of halogens is 1. The number of benzene rings is 1. The maximum absolute atomic E-state index is 11.8. The van der Waals surface area contributed by atoms with E-state index >= 15 is 0 Å². The average Bonchev–Trinajstić information content (AvgIpc) is 2.97. The van der Waals surface area contributed by atoms with E-state index in [2.05, 4.69) is 5.32 Å². The van der Waals surface area contributed by atoms with E-state index in [4.69, 9.17) is 16.3 Å². The fraction of sp³-hybridized carbons (Fsp3) is 0.188. The van der Waals surface area contributed by atoms with Gasteiger partial charge in [-0.2, -0.15) is 0 Å². The molecule has 0 aliphatic heterocycles. The molecule has 0 unspecified atom stereocenters. The number of nitrogens with one attached hydrogen (secondary N) is 1. The van der Waals surface area contributed by atoms with E-state index in [0.717, 1.165) is 4.88 Å². The van der Waals surface area contributed by atoms with Crippen LogP contribution in [-0.2, 0) is 9.53 Å². The van der Waals surface area contributed by atoms with Crippen molar-refractivity contribution in [1.29, 1.82) is 0 Å². The minimum Gasteiger partial charge on any atom is -0.456 e. The Balaban J connectivity index is 1.75. The standard InChI is InChI=1S/C16H14ClNO4S/c1-10-2-7-14(23-10)13(19)9-22-15(20)8-18-16(21)11-3-5-12(17)6-4-11/h2-7H,8-9H2,1H3,(H,18,21). The van der Waals surface area contributed by atoms with Gasteiger partial charge in [0.25, 0.3) is 5.91 Å². The Morgan fingerprint density at radius 2 is 1.83 bits per heavy atom. The molecule has 23 heavy (non-hydrogen) atoms. The van der Waals surface area contributed by atoms with Gasteiger partial charge < -0.3 is 10.1 Å². The molecule has 0 aliphatic carbocycles. The number of hydrogen-bond donors (Lipinski definition) is 1. The number of hydrogen-bond acceptors (Lipinski definition) is 5. The fourth-order valence-corrected chi connectivity index (χ4v) is 2.63. The van der Waals surface area contributed by atoms with Crippen LogP contribution in [0.25, 0.3) is 0 Å². The van der Waals surface area contributed by atoms with E-state index in [9.17, 15) is 14.4 Å². The van der Waals surface area contributed by atoms with Gasteiger partial charge in [-0.3, -0.25) is 14.4 Å². The number of ketones is 1. The van der Waals surface area contributed by atoms with E-state index in [1.807, 2.05) is 13.0 Å². The Hall–Kier alpha value is -2.18. The molecular formula is C16H14ClNO4S. The monoisotopic (exact) mass is 351 g/mol. The highest BCUT2D eigenvalue weighted by atomic mass is 35.5. The molecule has 2 rings (SSSR count). The van der Waals surface area contributed by atoms with Gasteiger partial charge in [0, 0.05) is 15.5 Å². The molecule has 1 aromatic heterocycles. The van der Waals surface area contributed by atoms with E-state index in [1.54, 1.807) is 30.3 Å². The highest BCUT2D eigenvalue weighted by molar-refractivity contribution is 7.14. The average molecular weight is 352 g/mol. The largest absolute Gasteiger partial charge is 0.456 e. The molecule has 0 saturated heterocycles. The second kappa shape index (κ2) is 7.89. The first-order valence-corrected chi connectivity index (χ1v) is 7.94. The molecule has 5 nitrogen and oxygen atoms in total. The van der Waals surface area contributed by atoms with Crippen LogP contribution in [0.5, 0.6) is 0 Å². The molecule has 1 N–H and O–H groups in total. The van der Waals surface area contributed by atoms with Crippen LogP contribution in [0.15, 0.2) is 36.4 Å². The lowest BCUT2D eigenvalue weighted by Gasteiger charge is -2.06. The van der Waals surface area contributed by atoms with Crippen LogP contribution < -0.4 is 5.32 Å². The van der Waals surface area contributed by atoms with Crippen LogP contribution >= 0.6 is 22.9 Å². The second-order valence-corrected chi connectivity index (χ2v) is 6.41. The smallest absolute Gasteiger partial charge is 0.325 e. The summed E-state index contributed by atoms with van der Waals surface area (Å²) in [6.45, 7) is 1.24. The molecule has 0 aliphatic rings. The van der Waals surface area contributed by atoms with E-state index < -0.39 is 11.9 Å². The molecule has 7 heteroatoms. The van der Waals surface area contributed by atoms with Crippen molar-refractivity contribution in [2.75, 3.05) is 13.2 Å². The summed E-state index contributed by atoms with van der Waals surface area (Å²) in [5, 5.41) is 2.94. The van der Waals surface area contributed by atoms with E-state index in [1.165, 1.54) is 11.3 Å². The molecule has 0 fully saturated rings. The number of Topliss-reactive ketones (excluding diaryl/α,β-unsaturated/α-hetero) is 1. The Labute approximate surface area is 142 Å². The molecule has 0 saturated carbocycles. The first kappa shape index (κ1) is 17.2. The van der Waals surface area contributed by atoms with Gasteiger partial charge >= 0.3 is 5.97 Å². The summed E-state index contributed by atoms with van der Waals surface area (Å²) in [5.41, 5.74) is 0.382. The molecule has 2 aromatic rings. The van der Waals surface area contributed by atoms with Gasteiger partial charge in [0.15, 0.2) is 6.61 Å². The molecule has 1 heterocycles. The molecule has 1 aromatic carbocycles. The third kappa shape index (κ3) is 5.19. The molecule has 0 bridgehead atoms. The van der Waals surface area contributed by atoms with E-state index in [0.29, 0.717) is 15.5 Å². The van der Waals surface area contributed by atoms with Gasteiger partial charge in [-0.05, 0) is 43.3 Å². The topological polar surface area (TPSA) is 72.5 Å². The third-order valence-corrected chi connectivity index (χ3v) is 4.17. The summed E-state index contributed by atoms with van der Waals surface area (Å²) in [7, 11) is 0. The minimum absolute atomic E-state index is 0.263. The van der Waals surface area contributed by atoms with Crippen molar-refractivity contribution >= 4 is 40.6 Å². The Morgan fingerprint density at radius 1 is 1.13 bits per heavy atom. The Kier molecular flexibility index (Phi) is 5.90. The number of ether oxygens (including phenoxy) is 1. The number of thiophene rings is 1. The lowest BCUT2D eigenvalue weighted by Crippen LogP contribution is -2.31. The van der Waals surface area contributed by atoms with Crippen molar-refractivity contribution < 1.29 is 19.1 Å². The number of amides is 1. The quantitative estimate of drug-likeness (QED) is 0.641. The van der Waals surface area contributed by atoms with Crippen molar-refractivity contribution in [3.63, 3.8) is 0 Å². The lowest BCUT2D eigenvalue weighted by molar-refractivity contribution is -0.141. The predicted molar refractivity (Wildman–Crippen MR) is 88.1 cm³/mol. The zero-order chi connectivity index (χ0) is 16.8. The van der Waals surface area contributed by atoms with Crippen molar-refractivity contribution in [1.82, 2.24) is 5.32 Å². The van der Waals surface area contributed by atoms with Crippen LogP contribution in [0, 0.1) is 6.92 Å². The molecule has 1 amide bonds. The number of rotatable bonds is 6. The lowest BCUT2D eigenvalue weighted by atomic mass is 10.2. The first-order chi connectivity index (χ1) is 11.0. The summed E-state index contributed by atoms with van der Waals surface area (Å²) in [5.74, 6) is -1.35.